The van der Waals surface area contributed by atoms with Crippen LogP contribution in [0.25, 0.3) is 0 Å². The summed E-state index contributed by atoms with van der Waals surface area (Å²) in [4.78, 5) is 0. The van der Waals surface area contributed by atoms with Crippen molar-refractivity contribution in [3.05, 3.63) is 35.4 Å². The second-order valence-corrected chi connectivity index (χ2v) is 22.5. The molecule has 0 fully saturated rings. The van der Waals surface area contributed by atoms with Crippen LogP contribution in [-0.4, -0.2) is 13.4 Å². The Balaban J connectivity index is 2.90. The fourth-order valence-corrected chi connectivity index (χ4v) is 21.2. The van der Waals surface area contributed by atoms with Crippen molar-refractivity contribution in [3.8, 4) is 0 Å². The van der Waals surface area contributed by atoms with Gasteiger partial charge >= 0.3 is 0 Å². The van der Waals surface area contributed by atoms with E-state index in [1.807, 2.05) is 6.55 Å². The van der Waals surface area contributed by atoms with E-state index in [0.29, 0.717) is 5.92 Å². The number of aryl methyl sites for hydroxylation is 1. The molecular weight excluding hydrogens is 402 g/mol. The summed E-state index contributed by atoms with van der Waals surface area (Å²) >= 11 is 27.1. The average Bonchev–Trinajstić information content (AvgIpc) is 2.41. The van der Waals surface area contributed by atoms with E-state index < -0.39 is 13.4 Å². The van der Waals surface area contributed by atoms with Crippen LogP contribution in [-0.2, 0) is 0 Å². The highest BCUT2D eigenvalue weighted by atomic mass is 35.7. The fourth-order valence-electron chi connectivity index (χ4n) is 3.23. The molecule has 0 saturated heterocycles. The van der Waals surface area contributed by atoms with Crippen molar-refractivity contribution in [3.63, 3.8) is 0 Å². The van der Waals surface area contributed by atoms with Crippen LogP contribution in [0.4, 0.5) is 0 Å². The summed E-state index contributed by atoms with van der Waals surface area (Å²) < 4.78 is 0. The summed E-state index contributed by atoms with van der Waals surface area (Å²) in [6.07, 6.45) is 4.42. The minimum atomic E-state index is -2.54. The molecule has 0 aliphatic rings. The first-order valence-corrected chi connectivity index (χ1v) is 17.3. The van der Waals surface area contributed by atoms with Crippen LogP contribution < -0.4 is 0 Å². The highest BCUT2D eigenvalue weighted by molar-refractivity contribution is 7.57. The van der Waals surface area contributed by atoms with Gasteiger partial charge in [-0.1, -0.05) is 63.8 Å². The average molecular weight is 430 g/mol. The topological polar surface area (TPSA) is 0 Å². The summed E-state index contributed by atoms with van der Waals surface area (Å²) in [6.45, 7) is 3.55. The summed E-state index contributed by atoms with van der Waals surface area (Å²) in [5.41, 5.74) is 2.61. The van der Waals surface area contributed by atoms with Gasteiger partial charge in [-0.15, -0.1) is 44.3 Å². The van der Waals surface area contributed by atoms with Crippen molar-refractivity contribution >= 4 is 57.7 Å². The largest absolute Gasteiger partial charge is 0.254 e. The molecule has 23 heavy (non-hydrogen) atoms. The first-order chi connectivity index (χ1) is 10.6. The molecule has 0 heterocycles. The first kappa shape index (κ1) is 21.9. The Labute approximate surface area is 162 Å². The second kappa shape index (κ2) is 9.49. The molecule has 0 amide bonds. The van der Waals surface area contributed by atoms with E-state index in [4.69, 9.17) is 44.3 Å². The number of benzene rings is 1. The maximum absolute atomic E-state index is 6.93. The van der Waals surface area contributed by atoms with Gasteiger partial charge in [-0.3, -0.25) is 0 Å². The standard InChI is InChI=1S/C17H28Cl4Si2/c1-5-6-7-12-17(22(4,18)19)23(20,21)13-15(3)16-11-9-8-10-14(16)2/h8-11,15,17H,5-7,12-13H2,1-4H3. The molecule has 0 aliphatic heterocycles. The molecule has 6 heteroatoms. The van der Waals surface area contributed by atoms with Gasteiger partial charge in [-0.2, -0.15) is 0 Å². The molecule has 132 valence electrons. The molecule has 0 spiro atoms. The molecule has 1 aromatic carbocycles. The second-order valence-electron chi connectivity index (χ2n) is 6.73. The number of unbranched alkanes of at least 4 members (excludes halogenated alkanes) is 2. The van der Waals surface area contributed by atoms with Gasteiger partial charge in [-0.25, -0.2) is 0 Å². The van der Waals surface area contributed by atoms with Gasteiger partial charge in [0, 0.05) is 5.16 Å². The van der Waals surface area contributed by atoms with Crippen LogP contribution in [0.1, 0.15) is 56.6 Å². The minimum Gasteiger partial charge on any atom is -0.146 e. The van der Waals surface area contributed by atoms with Crippen LogP contribution >= 0.6 is 44.3 Å². The van der Waals surface area contributed by atoms with E-state index in [9.17, 15) is 0 Å². The van der Waals surface area contributed by atoms with E-state index in [1.165, 1.54) is 24.0 Å². The molecule has 2 atom stereocenters. The number of hydrogen-bond acceptors (Lipinski definition) is 0. The molecule has 0 N–H and O–H groups in total. The molecule has 0 radical (unpaired) electrons. The number of hydrogen-bond donors (Lipinski definition) is 0. The van der Waals surface area contributed by atoms with Crippen molar-refractivity contribution in [2.24, 2.45) is 0 Å². The third-order valence-corrected chi connectivity index (χ3v) is 18.0. The van der Waals surface area contributed by atoms with E-state index in [0.717, 1.165) is 18.9 Å². The number of rotatable bonds is 9. The molecule has 0 aliphatic carbocycles. The van der Waals surface area contributed by atoms with Crippen LogP contribution in [0, 0.1) is 6.92 Å². The monoisotopic (exact) mass is 428 g/mol. The van der Waals surface area contributed by atoms with Crippen LogP contribution in [0.2, 0.25) is 17.8 Å². The molecule has 0 saturated carbocycles. The zero-order chi connectivity index (χ0) is 17.7. The lowest BCUT2D eigenvalue weighted by molar-refractivity contribution is 0.679. The van der Waals surface area contributed by atoms with E-state index >= 15 is 0 Å². The Morgan fingerprint density at radius 3 is 2.17 bits per heavy atom. The van der Waals surface area contributed by atoms with Gasteiger partial charge in [0.25, 0.3) is 13.4 Å². The van der Waals surface area contributed by atoms with E-state index in [1.54, 1.807) is 0 Å². The van der Waals surface area contributed by atoms with Gasteiger partial charge in [0.1, 0.15) is 0 Å². The normalized spacial score (nSPS) is 15.5. The predicted octanol–water partition coefficient (Wildman–Crippen LogP) is 8.06. The lowest BCUT2D eigenvalue weighted by Crippen LogP contribution is -2.41. The lowest BCUT2D eigenvalue weighted by Gasteiger charge is -2.35. The molecule has 2 unspecified atom stereocenters. The highest BCUT2D eigenvalue weighted by Gasteiger charge is 2.49. The van der Waals surface area contributed by atoms with Crippen molar-refractivity contribution in [2.45, 2.75) is 70.1 Å². The smallest absolute Gasteiger partial charge is 0.146 e. The van der Waals surface area contributed by atoms with Crippen molar-refractivity contribution in [1.82, 2.24) is 0 Å². The van der Waals surface area contributed by atoms with Crippen molar-refractivity contribution < 1.29 is 0 Å². The van der Waals surface area contributed by atoms with E-state index in [-0.39, 0.29) is 5.16 Å². The molecule has 0 bridgehead atoms. The predicted molar refractivity (Wildman–Crippen MR) is 113 cm³/mol. The molecule has 0 nitrogen and oxygen atoms in total. The quantitative estimate of drug-likeness (QED) is 0.211. The van der Waals surface area contributed by atoms with E-state index in [2.05, 4.69) is 45.0 Å². The molecule has 0 aromatic heterocycles. The minimum absolute atomic E-state index is 0.111. The Morgan fingerprint density at radius 2 is 1.65 bits per heavy atom. The maximum atomic E-state index is 6.93. The van der Waals surface area contributed by atoms with Gasteiger partial charge in [0.15, 0.2) is 0 Å². The maximum Gasteiger partial charge on any atom is 0.254 e. The third-order valence-electron chi connectivity index (χ3n) is 4.52. The van der Waals surface area contributed by atoms with Gasteiger partial charge < -0.3 is 0 Å². The zero-order valence-electron chi connectivity index (χ0n) is 14.5. The Kier molecular flexibility index (Phi) is 9.02. The van der Waals surface area contributed by atoms with Crippen LogP contribution in [0.15, 0.2) is 24.3 Å². The fraction of sp³-hybridized carbons (Fsp3) is 0.647. The van der Waals surface area contributed by atoms with Crippen molar-refractivity contribution in [2.75, 3.05) is 0 Å². The molecule has 1 aromatic rings. The first-order valence-electron chi connectivity index (χ1n) is 8.40. The molecular formula is C17H28Cl4Si2. The molecule has 1 rings (SSSR count). The lowest BCUT2D eigenvalue weighted by atomic mass is 9.98. The summed E-state index contributed by atoms with van der Waals surface area (Å²) in [6, 6.07) is 9.25. The Bertz CT molecular complexity index is 486. The Hall–Kier alpha value is 0.814. The highest BCUT2D eigenvalue weighted by Crippen LogP contribution is 2.49. The number of halogens is 4. The summed E-state index contributed by atoms with van der Waals surface area (Å²) in [5.74, 6) is 0.330. The summed E-state index contributed by atoms with van der Waals surface area (Å²) in [7, 11) is 0. The van der Waals surface area contributed by atoms with Crippen LogP contribution in [0.5, 0.6) is 0 Å². The van der Waals surface area contributed by atoms with Crippen LogP contribution in [0.3, 0.4) is 0 Å². The van der Waals surface area contributed by atoms with Gasteiger partial charge in [-0.05, 0) is 36.6 Å². The van der Waals surface area contributed by atoms with Crippen molar-refractivity contribution in [1.29, 1.82) is 0 Å². The zero-order valence-corrected chi connectivity index (χ0v) is 19.5. The third kappa shape index (κ3) is 6.91. The van der Waals surface area contributed by atoms with Gasteiger partial charge in [0.2, 0.25) is 0 Å². The SMILES string of the molecule is CCCCCC([Si](C)(Cl)Cl)[Si](Cl)(Cl)CC(C)c1ccccc1C. The summed E-state index contributed by atoms with van der Waals surface area (Å²) in [5, 5.41) is 0.111. The Morgan fingerprint density at radius 1 is 1.04 bits per heavy atom. The van der Waals surface area contributed by atoms with Gasteiger partial charge in [0.05, 0.1) is 0 Å².